The van der Waals surface area contributed by atoms with Gasteiger partial charge in [-0.3, -0.25) is 4.79 Å². The van der Waals surface area contributed by atoms with Crippen molar-refractivity contribution in [2.24, 2.45) is 0 Å². The molecule has 1 aliphatic carbocycles. The smallest absolute Gasteiger partial charge is 0.244 e. The van der Waals surface area contributed by atoms with Crippen LogP contribution in [0.3, 0.4) is 0 Å². The van der Waals surface area contributed by atoms with Crippen molar-refractivity contribution >= 4 is 12.0 Å². The molecule has 2 aromatic rings. The number of nitrogens with zero attached hydrogens (tertiary/aromatic N) is 1. The first-order valence-electron chi connectivity index (χ1n) is 9.39. The summed E-state index contributed by atoms with van der Waals surface area (Å²) in [5.74, 6) is 0.802. The molecule has 0 saturated carbocycles. The lowest BCUT2D eigenvalue weighted by Crippen LogP contribution is -2.66. The number of ether oxygens (including phenoxy) is 1. The van der Waals surface area contributed by atoms with Gasteiger partial charge in [0.15, 0.2) is 0 Å². The van der Waals surface area contributed by atoms with Crippen LogP contribution in [0.15, 0.2) is 47.3 Å². The number of rotatable bonds is 4. The number of carbonyl (C=O) groups is 1. The van der Waals surface area contributed by atoms with Gasteiger partial charge in [-0.2, -0.15) is 0 Å². The van der Waals surface area contributed by atoms with Crippen LogP contribution in [-0.2, 0) is 16.6 Å². The first-order valence-corrected chi connectivity index (χ1v) is 9.39. The van der Waals surface area contributed by atoms with Crippen molar-refractivity contribution in [1.29, 1.82) is 0 Å². The van der Waals surface area contributed by atoms with Crippen LogP contribution in [0.1, 0.15) is 30.0 Å². The van der Waals surface area contributed by atoms with Crippen molar-refractivity contribution < 1.29 is 13.9 Å². The number of nitrogens with one attached hydrogen (secondary N) is 1. The summed E-state index contributed by atoms with van der Waals surface area (Å²) < 4.78 is 10.5. The van der Waals surface area contributed by atoms with E-state index in [1.807, 2.05) is 12.1 Å². The molecule has 142 valence electrons. The summed E-state index contributed by atoms with van der Waals surface area (Å²) in [7, 11) is 3.85. The normalized spacial score (nSPS) is 27.4. The van der Waals surface area contributed by atoms with Gasteiger partial charge in [-0.25, -0.2) is 0 Å². The maximum Gasteiger partial charge on any atom is 0.244 e. The first kappa shape index (κ1) is 17.9. The molecule has 2 aliphatic rings. The van der Waals surface area contributed by atoms with Gasteiger partial charge >= 0.3 is 0 Å². The summed E-state index contributed by atoms with van der Waals surface area (Å²) in [6.45, 7) is 3.30. The van der Waals surface area contributed by atoms with E-state index in [0.29, 0.717) is 0 Å². The fourth-order valence-corrected chi connectivity index (χ4v) is 4.60. The molecule has 1 fully saturated rings. The average Bonchev–Trinajstić information content (AvgIpc) is 3.19. The fourth-order valence-electron chi connectivity index (χ4n) is 4.60. The SMILES string of the molecule is COc1ccc2c(c1)[C@@]1(C)CCN(C)C(C2)[C@@H]1NC(=O)C=Cc1ccoc1. The molecule has 1 aromatic carbocycles. The number of fused-ring (bicyclic) bond motifs is 4. The molecule has 1 saturated heterocycles. The third kappa shape index (κ3) is 3.16. The fraction of sp³-hybridized carbons (Fsp3) is 0.409. The predicted octanol–water partition coefficient (Wildman–Crippen LogP) is 3.00. The van der Waals surface area contributed by atoms with E-state index in [-0.39, 0.29) is 23.4 Å². The third-order valence-electron chi connectivity index (χ3n) is 6.25. The number of hydrogen-bond donors (Lipinski definition) is 1. The highest BCUT2D eigenvalue weighted by molar-refractivity contribution is 5.92. The van der Waals surface area contributed by atoms with Crippen LogP contribution in [0.5, 0.6) is 5.75 Å². The molecule has 1 N–H and O–H groups in total. The van der Waals surface area contributed by atoms with Crippen LogP contribution in [-0.4, -0.2) is 43.6 Å². The van der Waals surface area contributed by atoms with Gasteiger partial charge in [0, 0.05) is 23.1 Å². The van der Waals surface area contributed by atoms with Gasteiger partial charge < -0.3 is 19.4 Å². The maximum atomic E-state index is 12.6. The average molecular weight is 366 g/mol. The number of likely N-dealkylation sites (tertiary alicyclic amines) is 1. The number of piperidine rings is 1. The Hall–Kier alpha value is -2.53. The molecule has 1 aliphatic heterocycles. The van der Waals surface area contributed by atoms with Crippen molar-refractivity contribution in [3.63, 3.8) is 0 Å². The Bertz CT molecular complexity index is 858. The first-order chi connectivity index (χ1) is 13.0. The molecule has 5 nitrogen and oxygen atoms in total. The third-order valence-corrected chi connectivity index (χ3v) is 6.25. The Labute approximate surface area is 160 Å². The number of hydrogen-bond acceptors (Lipinski definition) is 4. The van der Waals surface area contributed by atoms with Crippen molar-refractivity contribution in [3.05, 3.63) is 59.6 Å². The van der Waals surface area contributed by atoms with Gasteiger partial charge in [0.1, 0.15) is 5.75 Å². The molecule has 1 aromatic heterocycles. The van der Waals surface area contributed by atoms with Gasteiger partial charge in [-0.15, -0.1) is 0 Å². The van der Waals surface area contributed by atoms with E-state index in [9.17, 15) is 4.79 Å². The van der Waals surface area contributed by atoms with Gasteiger partial charge in [-0.05, 0) is 61.8 Å². The highest BCUT2D eigenvalue weighted by atomic mass is 16.5. The minimum Gasteiger partial charge on any atom is -0.497 e. The zero-order valence-electron chi connectivity index (χ0n) is 16.1. The van der Waals surface area contributed by atoms with Crippen LogP contribution in [0.2, 0.25) is 0 Å². The monoisotopic (exact) mass is 366 g/mol. The highest BCUT2D eigenvalue weighted by Crippen LogP contribution is 2.45. The molecular weight excluding hydrogens is 340 g/mol. The minimum atomic E-state index is -0.113. The summed E-state index contributed by atoms with van der Waals surface area (Å²) in [5.41, 5.74) is 3.43. The van der Waals surface area contributed by atoms with Crippen molar-refractivity contribution in [3.8, 4) is 5.75 Å². The molecule has 1 amide bonds. The molecule has 1 unspecified atom stereocenters. The van der Waals surface area contributed by atoms with Gasteiger partial charge in [0.2, 0.25) is 5.91 Å². The Morgan fingerprint density at radius 2 is 2.26 bits per heavy atom. The van der Waals surface area contributed by atoms with Crippen LogP contribution < -0.4 is 10.1 Å². The van der Waals surface area contributed by atoms with Crippen molar-refractivity contribution in [2.45, 2.75) is 37.3 Å². The molecule has 5 heteroatoms. The van der Waals surface area contributed by atoms with E-state index in [0.717, 1.165) is 30.7 Å². The second-order valence-corrected chi connectivity index (χ2v) is 7.82. The Morgan fingerprint density at radius 1 is 1.41 bits per heavy atom. The summed E-state index contributed by atoms with van der Waals surface area (Å²) in [5, 5.41) is 3.29. The van der Waals surface area contributed by atoms with E-state index in [4.69, 9.17) is 9.15 Å². The lowest BCUT2D eigenvalue weighted by Gasteiger charge is -2.54. The highest BCUT2D eigenvalue weighted by Gasteiger charge is 2.50. The van der Waals surface area contributed by atoms with Crippen molar-refractivity contribution in [1.82, 2.24) is 10.2 Å². The number of amides is 1. The lowest BCUT2D eigenvalue weighted by molar-refractivity contribution is -0.118. The molecule has 0 spiro atoms. The Morgan fingerprint density at radius 3 is 3.00 bits per heavy atom. The molecule has 3 atom stereocenters. The Kier molecular flexibility index (Phi) is 4.56. The maximum absolute atomic E-state index is 12.6. The van der Waals surface area contributed by atoms with E-state index in [1.54, 1.807) is 31.8 Å². The predicted molar refractivity (Wildman–Crippen MR) is 105 cm³/mol. The number of methoxy groups -OCH3 is 1. The number of carbonyl (C=O) groups excluding carboxylic acids is 1. The second kappa shape index (κ2) is 6.89. The van der Waals surface area contributed by atoms with Gasteiger partial charge in [0.05, 0.1) is 25.7 Å². The zero-order chi connectivity index (χ0) is 19.0. The van der Waals surface area contributed by atoms with Gasteiger partial charge in [-0.1, -0.05) is 13.0 Å². The van der Waals surface area contributed by atoms with Crippen LogP contribution in [0, 0.1) is 0 Å². The zero-order valence-corrected chi connectivity index (χ0v) is 16.1. The summed E-state index contributed by atoms with van der Waals surface area (Å²) in [6, 6.07) is 8.53. The molecule has 2 heterocycles. The molecule has 4 rings (SSSR count). The van der Waals surface area contributed by atoms with Crippen molar-refractivity contribution in [2.75, 3.05) is 20.7 Å². The van der Waals surface area contributed by atoms with E-state index < -0.39 is 0 Å². The number of benzene rings is 1. The molecule has 0 radical (unpaired) electrons. The van der Waals surface area contributed by atoms with Crippen LogP contribution in [0.25, 0.3) is 6.08 Å². The van der Waals surface area contributed by atoms with Gasteiger partial charge in [0.25, 0.3) is 0 Å². The minimum absolute atomic E-state index is 0.0531. The standard InChI is InChI=1S/C22H26N2O3/c1-22-9-10-24(2)19(12-16-5-6-17(26-3)13-18(16)22)21(22)23-20(25)7-4-15-8-11-27-14-15/h4-8,11,13-14,19,21H,9-10,12H2,1-3H3,(H,23,25)/t19?,21-,22+/m0/s1. The number of furan rings is 1. The van der Waals surface area contributed by atoms with Crippen LogP contribution in [0.4, 0.5) is 0 Å². The quantitative estimate of drug-likeness (QED) is 0.845. The topological polar surface area (TPSA) is 54.7 Å². The van der Waals surface area contributed by atoms with Crippen LogP contribution >= 0.6 is 0 Å². The lowest BCUT2D eigenvalue weighted by atomic mass is 9.61. The largest absolute Gasteiger partial charge is 0.497 e. The molecule has 27 heavy (non-hydrogen) atoms. The van der Waals surface area contributed by atoms with E-state index >= 15 is 0 Å². The second-order valence-electron chi connectivity index (χ2n) is 7.82. The summed E-state index contributed by atoms with van der Waals surface area (Å²) in [6.07, 6.45) is 8.52. The van der Waals surface area contributed by atoms with E-state index in [2.05, 4.69) is 36.3 Å². The Balaban J connectivity index is 1.64. The summed E-state index contributed by atoms with van der Waals surface area (Å²) in [4.78, 5) is 15.0. The van der Waals surface area contributed by atoms with E-state index in [1.165, 1.54) is 11.1 Å². The molecular formula is C22H26N2O3. The number of likely N-dealkylation sites (N-methyl/N-ethyl adjacent to an activating group) is 1. The summed E-state index contributed by atoms with van der Waals surface area (Å²) >= 11 is 0. The molecule has 2 bridgehead atoms.